The Morgan fingerprint density at radius 2 is 2.03 bits per heavy atom. The number of anilines is 1. The summed E-state index contributed by atoms with van der Waals surface area (Å²) in [6.45, 7) is 3.06. The fourth-order valence-electron chi connectivity index (χ4n) is 3.18. The summed E-state index contributed by atoms with van der Waals surface area (Å²) in [6, 6.07) is 7.56. The van der Waals surface area contributed by atoms with Gasteiger partial charge in [-0.3, -0.25) is 9.59 Å². The predicted molar refractivity (Wildman–Crippen MR) is 115 cm³/mol. The molecule has 0 spiro atoms. The monoisotopic (exact) mass is 435 g/mol. The highest BCUT2D eigenvalue weighted by Gasteiger charge is 2.18. The number of halogens is 1. The zero-order valence-corrected chi connectivity index (χ0v) is 17.3. The minimum absolute atomic E-state index is 0. The van der Waals surface area contributed by atoms with Gasteiger partial charge in [-0.05, 0) is 24.3 Å². The van der Waals surface area contributed by atoms with E-state index >= 15 is 0 Å². The van der Waals surface area contributed by atoms with Gasteiger partial charge in [0.15, 0.2) is 0 Å². The van der Waals surface area contributed by atoms with Crippen LogP contribution in [0.3, 0.4) is 0 Å². The number of nitrogens with zero attached hydrogens (tertiary/aromatic N) is 3. The van der Waals surface area contributed by atoms with Crippen LogP contribution in [-0.4, -0.2) is 52.6 Å². The summed E-state index contributed by atoms with van der Waals surface area (Å²) >= 11 is 1.37. The molecule has 154 valence electrons. The van der Waals surface area contributed by atoms with Crippen LogP contribution in [0.4, 0.5) is 5.69 Å². The number of hydrogen-bond acceptors (Lipinski definition) is 6. The fraction of sp³-hybridized carbons (Fsp3) is 0.316. The number of nitrogens with two attached hydrogens (primary N) is 1. The first-order chi connectivity index (χ1) is 13.6. The van der Waals surface area contributed by atoms with E-state index in [9.17, 15) is 9.59 Å². The van der Waals surface area contributed by atoms with Gasteiger partial charge in [-0.1, -0.05) is 0 Å². The molecule has 0 radical (unpaired) electrons. The molecule has 10 heteroatoms. The number of nitrogens with one attached hydrogen (secondary N) is 1. The molecule has 0 atom stereocenters. The van der Waals surface area contributed by atoms with E-state index in [4.69, 9.17) is 10.5 Å². The Morgan fingerprint density at radius 1 is 1.24 bits per heavy atom. The molecule has 4 rings (SSSR count). The maximum absolute atomic E-state index is 12.5. The molecule has 1 aromatic carbocycles. The lowest BCUT2D eigenvalue weighted by Crippen LogP contribution is -2.42. The average molecular weight is 436 g/mol. The molecule has 1 aliphatic rings. The Bertz CT molecular complexity index is 1010. The van der Waals surface area contributed by atoms with E-state index in [1.807, 2.05) is 39.9 Å². The van der Waals surface area contributed by atoms with Crippen LogP contribution in [0.25, 0.3) is 10.9 Å². The molecule has 0 unspecified atom stereocenters. The molecule has 0 aliphatic carbocycles. The topological polar surface area (TPSA) is 102 Å². The molecule has 1 fully saturated rings. The molecule has 1 aliphatic heterocycles. The van der Waals surface area contributed by atoms with Gasteiger partial charge in [0.1, 0.15) is 17.2 Å². The first kappa shape index (κ1) is 21.3. The zero-order valence-electron chi connectivity index (χ0n) is 15.7. The van der Waals surface area contributed by atoms with Gasteiger partial charge in [0, 0.05) is 47.8 Å². The maximum atomic E-state index is 12.5. The Hall–Kier alpha value is -2.46. The summed E-state index contributed by atoms with van der Waals surface area (Å²) < 4.78 is 7.22. The normalized spacial score (nSPS) is 13.9. The summed E-state index contributed by atoms with van der Waals surface area (Å²) in [7, 11) is 0. The van der Waals surface area contributed by atoms with E-state index in [0.717, 1.165) is 15.9 Å². The molecule has 0 bridgehead atoms. The molecule has 2 aromatic heterocycles. The van der Waals surface area contributed by atoms with Gasteiger partial charge in [-0.15, -0.1) is 23.7 Å². The second-order valence-electron chi connectivity index (χ2n) is 6.50. The van der Waals surface area contributed by atoms with Crippen LogP contribution < -0.4 is 11.1 Å². The van der Waals surface area contributed by atoms with Crippen molar-refractivity contribution in [2.75, 3.05) is 31.6 Å². The molecule has 0 saturated carbocycles. The lowest BCUT2D eigenvalue weighted by atomic mass is 10.2. The Balaban J connectivity index is 0.00000240. The van der Waals surface area contributed by atoms with E-state index < -0.39 is 0 Å². The number of rotatable bonds is 5. The molecule has 2 amide bonds. The maximum Gasteiger partial charge on any atom is 0.275 e. The van der Waals surface area contributed by atoms with Gasteiger partial charge in [-0.2, -0.15) is 0 Å². The lowest BCUT2D eigenvalue weighted by molar-refractivity contribution is -0.135. The number of fused-ring (bicyclic) bond motifs is 1. The number of thiazole rings is 1. The van der Waals surface area contributed by atoms with Crippen molar-refractivity contribution in [3.8, 4) is 0 Å². The van der Waals surface area contributed by atoms with Crippen LogP contribution in [0.5, 0.6) is 0 Å². The smallest absolute Gasteiger partial charge is 0.275 e. The highest BCUT2D eigenvalue weighted by Crippen LogP contribution is 2.22. The van der Waals surface area contributed by atoms with Crippen LogP contribution in [-0.2, 0) is 22.6 Å². The minimum atomic E-state index is -0.266. The summed E-state index contributed by atoms with van der Waals surface area (Å²) in [5, 5.41) is 6.23. The van der Waals surface area contributed by atoms with Crippen LogP contribution >= 0.6 is 23.7 Å². The first-order valence-corrected chi connectivity index (χ1v) is 9.92. The third-order valence-corrected chi connectivity index (χ3v) is 5.53. The number of ether oxygens (including phenoxy) is 1. The highest BCUT2D eigenvalue weighted by atomic mass is 35.5. The molecule has 3 heterocycles. The van der Waals surface area contributed by atoms with Crippen molar-refractivity contribution in [3.05, 3.63) is 46.5 Å². The first-order valence-electron chi connectivity index (χ1n) is 9.04. The number of morpholine rings is 1. The molecular formula is C19H22ClN5O3S. The zero-order chi connectivity index (χ0) is 19.5. The second kappa shape index (κ2) is 9.36. The predicted octanol–water partition coefficient (Wildman–Crippen LogP) is 2.09. The van der Waals surface area contributed by atoms with E-state index in [-0.39, 0.29) is 30.8 Å². The van der Waals surface area contributed by atoms with Gasteiger partial charge >= 0.3 is 0 Å². The van der Waals surface area contributed by atoms with Crippen LogP contribution in [0.15, 0.2) is 35.8 Å². The van der Waals surface area contributed by atoms with E-state index in [1.165, 1.54) is 11.3 Å². The number of carbonyl (C=O) groups excluding carboxylic acids is 2. The summed E-state index contributed by atoms with van der Waals surface area (Å²) in [6.07, 6.45) is 1.89. The van der Waals surface area contributed by atoms with Crippen LogP contribution in [0.1, 0.15) is 15.5 Å². The van der Waals surface area contributed by atoms with E-state index in [2.05, 4.69) is 10.3 Å². The van der Waals surface area contributed by atoms with Crippen molar-refractivity contribution in [1.82, 2.24) is 14.5 Å². The van der Waals surface area contributed by atoms with E-state index in [0.29, 0.717) is 44.2 Å². The van der Waals surface area contributed by atoms with Crippen molar-refractivity contribution in [3.63, 3.8) is 0 Å². The fourth-order valence-corrected chi connectivity index (χ4v) is 3.83. The standard InChI is InChI=1S/C19H21N5O3S.ClH/c20-10-17-22-15(12-28-17)19(26)21-14-1-2-16-13(9-14)3-4-24(16)11-18(25)23-5-7-27-8-6-23;/h1-4,9,12H,5-8,10-11,20H2,(H,21,26);1H. The summed E-state index contributed by atoms with van der Waals surface area (Å²) in [5.41, 5.74) is 7.52. The van der Waals surface area contributed by atoms with Gasteiger partial charge in [0.25, 0.3) is 5.91 Å². The number of benzene rings is 1. The minimum Gasteiger partial charge on any atom is -0.378 e. The van der Waals surface area contributed by atoms with Crippen molar-refractivity contribution in [2.24, 2.45) is 5.73 Å². The largest absolute Gasteiger partial charge is 0.378 e. The van der Waals surface area contributed by atoms with Crippen molar-refractivity contribution < 1.29 is 14.3 Å². The van der Waals surface area contributed by atoms with Crippen molar-refractivity contribution >= 4 is 52.1 Å². The molecule has 3 N–H and O–H groups in total. The second-order valence-corrected chi connectivity index (χ2v) is 7.44. The van der Waals surface area contributed by atoms with Gasteiger partial charge in [-0.25, -0.2) is 4.98 Å². The molecule has 29 heavy (non-hydrogen) atoms. The Kier molecular flexibility index (Phi) is 6.86. The third-order valence-electron chi connectivity index (χ3n) is 4.66. The Morgan fingerprint density at radius 3 is 2.76 bits per heavy atom. The molecular weight excluding hydrogens is 414 g/mol. The van der Waals surface area contributed by atoms with Gasteiger partial charge in [0.05, 0.1) is 13.2 Å². The van der Waals surface area contributed by atoms with Crippen molar-refractivity contribution in [2.45, 2.75) is 13.1 Å². The number of amides is 2. The lowest BCUT2D eigenvalue weighted by Gasteiger charge is -2.27. The Labute approximate surface area is 178 Å². The summed E-state index contributed by atoms with van der Waals surface area (Å²) in [4.78, 5) is 30.8. The van der Waals surface area contributed by atoms with Gasteiger partial charge in [0.2, 0.25) is 5.91 Å². The number of aromatic nitrogens is 2. The van der Waals surface area contributed by atoms with Crippen LogP contribution in [0.2, 0.25) is 0 Å². The molecule has 3 aromatic rings. The summed E-state index contributed by atoms with van der Waals surface area (Å²) in [5.74, 6) is -0.186. The quantitative estimate of drug-likeness (QED) is 0.638. The van der Waals surface area contributed by atoms with Crippen LogP contribution in [0, 0.1) is 0 Å². The SMILES string of the molecule is Cl.NCc1nc(C(=O)Nc2ccc3c(ccn3CC(=O)N3CCOCC3)c2)cs1. The molecule has 8 nitrogen and oxygen atoms in total. The van der Waals surface area contributed by atoms with Gasteiger partial charge < -0.3 is 25.3 Å². The number of hydrogen-bond donors (Lipinski definition) is 2. The number of carbonyl (C=O) groups is 2. The van der Waals surface area contributed by atoms with Crippen molar-refractivity contribution in [1.29, 1.82) is 0 Å². The molecule has 1 saturated heterocycles. The average Bonchev–Trinajstić information content (AvgIpc) is 3.36. The highest BCUT2D eigenvalue weighted by molar-refractivity contribution is 7.09. The third kappa shape index (κ3) is 4.76. The van der Waals surface area contributed by atoms with E-state index in [1.54, 1.807) is 5.38 Å².